The lowest BCUT2D eigenvalue weighted by Crippen LogP contribution is -2.51. The third-order valence-electron chi connectivity index (χ3n) is 5.88. The van der Waals surface area contributed by atoms with Crippen molar-refractivity contribution in [3.63, 3.8) is 0 Å². The van der Waals surface area contributed by atoms with E-state index >= 15 is 0 Å². The maximum absolute atomic E-state index is 13.8. The molecular weight excluding hydrogens is 549 g/mol. The summed E-state index contributed by atoms with van der Waals surface area (Å²) in [5.41, 5.74) is 0.701. The van der Waals surface area contributed by atoms with Crippen LogP contribution >= 0.6 is 23.2 Å². The van der Waals surface area contributed by atoms with Gasteiger partial charge in [0.25, 0.3) is 10.0 Å². The van der Waals surface area contributed by atoms with Crippen molar-refractivity contribution >= 4 is 50.7 Å². The standard InChI is InChI=1S/C27H29Cl2N3O5S/c1-4-30-27(34)19(2)31(17-23-24(28)11-8-12-25(23)29)26(33)18-32(20-13-15-21(37-3)16-14-20)38(35,36)22-9-6-5-7-10-22/h5-16,19H,4,17-18H2,1-3H3,(H,30,34)/t19-/m0/s1. The number of amides is 2. The highest BCUT2D eigenvalue weighted by molar-refractivity contribution is 7.92. The second kappa shape index (κ2) is 13.0. The molecule has 0 aliphatic rings. The number of ether oxygens (including phenoxy) is 1. The van der Waals surface area contributed by atoms with Gasteiger partial charge < -0.3 is 15.0 Å². The van der Waals surface area contributed by atoms with E-state index in [4.69, 9.17) is 27.9 Å². The van der Waals surface area contributed by atoms with E-state index in [-0.39, 0.29) is 17.1 Å². The third kappa shape index (κ3) is 6.78. The first-order valence-electron chi connectivity index (χ1n) is 11.8. The van der Waals surface area contributed by atoms with Gasteiger partial charge >= 0.3 is 0 Å². The minimum atomic E-state index is -4.16. The molecule has 0 fully saturated rings. The van der Waals surface area contributed by atoms with Crippen molar-refractivity contribution < 1.29 is 22.7 Å². The molecule has 0 aliphatic heterocycles. The van der Waals surface area contributed by atoms with Gasteiger partial charge in [0.15, 0.2) is 0 Å². The van der Waals surface area contributed by atoms with Crippen molar-refractivity contribution in [2.75, 3.05) is 24.5 Å². The number of nitrogens with one attached hydrogen (secondary N) is 1. The van der Waals surface area contributed by atoms with Gasteiger partial charge in [-0.1, -0.05) is 47.5 Å². The van der Waals surface area contributed by atoms with Crippen LogP contribution in [0.3, 0.4) is 0 Å². The van der Waals surface area contributed by atoms with Crippen molar-refractivity contribution in [1.29, 1.82) is 0 Å². The third-order valence-corrected chi connectivity index (χ3v) is 8.38. The van der Waals surface area contributed by atoms with Crippen LogP contribution in [0.15, 0.2) is 77.7 Å². The smallest absolute Gasteiger partial charge is 0.264 e. The van der Waals surface area contributed by atoms with Gasteiger partial charge in [-0.05, 0) is 62.4 Å². The predicted molar refractivity (Wildman–Crippen MR) is 149 cm³/mol. The normalized spacial score (nSPS) is 11.9. The molecule has 0 saturated heterocycles. The Labute approximate surface area is 233 Å². The number of carbonyl (C=O) groups excluding carboxylic acids is 2. The number of methoxy groups -OCH3 is 1. The van der Waals surface area contributed by atoms with E-state index in [2.05, 4.69) is 5.32 Å². The number of benzene rings is 3. The molecule has 3 aromatic carbocycles. The second-order valence-electron chi connectivity index (χ2n) is 8.32. The number of halogens is 2. The molecule has 2 amide bonds. The zero-order valence-corrected chi connectivity index (χ0v) is 23.6. The fourth-order valence-electron chi connectivity index (χ4n) is 3.76. The molecule has 0 bridgehead atoms. The number of hydrogen-bond acceptors (Lipinski definition) is 5. The summed E-state index contributed by atoms with van der Waals surface area (Å²) >= 11 is 12.7. The first kappa shape index (κ1) is 29.3. The number of hydrogen-bond donors (Lipinski definition) is 1. The maximum Gasteiger partial charge on any atom is 0.264 e. The molecule has 0 unspecified atom stereocenters. The summed E-state index contributed by atoms with van der Waals surface area (Å²) in [4.78, 5) is 27.9. The molecule has 3 aromatic rings. The highest BCUT2D eigenvalue weighted by Gasteiger charge is 2.33. The van der Waals surface area contributed by atoms with Gasteiger partial charge in [-0.2, -0.15) is 0 Å². The number of sulfonamides is 1. The van der Waals surface area contributed by atoms with Crippen LogP contribution in [0.2, 0.25) is 10.0 Å². The Morgan fingerprint density at radius 3 is 2.11 bits per heavy atom. The van der Waals surface area contributed by atoms with Crippen molar-refractivity contribution in [1.82, 2.24) is 10.2 Å². The SMILES string of the molecule is CCNC(=O)[C@H](C)N(Cc1c(Cl)cccc1Cl)C(=O)CN(c1ccc(OC)cc1)S(=O)(=O)c1ccccc1. The Balaban J connectivity index is 2.05. The molecule has 0 aliphatic carbocycles. The largest absolute Gasteiger partial charge is 0.497 e. The molecular formula is C27H29Cl2N3O5S. The van der Waals surface area contributed by atoms with Crippen LogP contribution in [0.25, 0.3) is 0 Å². The van der Waals surface area contributed by atoms with Crippen LogP contribution in [0, 0.1) is 0 Å². The highest BCUT2D eigenvalue weighted by Crippen LogP contribution is 2.29. The maximum atomic E-state index is 13.8. The molecule has 0 heterocycles. The van der Waals surface area contributed by atoms with E-state index in [1.165, 1.54) is 24.1 Å². The summed E-state index contributed by atoms with van der Waals surface area (Å²) in [6.45, 7) is 3.02. The summed E-state index contributed by atoms with van der Waals surface area (Å²) in [6.07, 6.45) is 0. The molecule has 1 atom stereocenters. The van der Waals surface area contributed by atoms with E-state index in [0.29, 0.717) is 27.9 Å². The number of rotatable bonds is 11. The van der Waals surface area contributed by atoms with E-state index in [9.17, 15) is 18.0 Å². The van der Waals surface area contributed by atoms with Crippen LogP contribution in [0.1, 0.15) is 19.4 Å². The highest BCUT2D eigenvalue weighted by atomic mass is 35.5. The van der Waals surface area contributed by atoms with E-state index in [1.54, 1.807) is 74.5 Å². The minimum absolute atomic E-state index is 0.0149. The molecule has 0 aromatic heterocycles. The van der Waals surface area contributed by atoms with Gasteiger partial charge in [0, 0.05) is 28.7 Å². The predicted octanol–water partition coefficient (Wildman–Crippen LogP) is 4.75. The van der Waals surface area contributed by atoms with Gasteiger partial charge in [-0.15, -0.1) is 0 Å². The molecule has 0 spiro atoms. The molecule has 0 saturated carbocycles. The molecule has 11 heteroatoms. The van der Waals surface area contributed by atoms with Gasteiger partial charge in [-0.3, -0.25) is 13.9 Å². The van der Waals surface area contributed by atoms with Gasteiger partial charge in [0.1, 0.15) is 18.3 Å². The zero-order valence-electron chi connectivity index (χ0n) is 21.2. The average Bonchev–Trinajstić information content (AvgIpc) is 2.91. The van der Waals surface area contributed by atoms with Gasteiger partial charge in [-0.25, -0.2) is 8.42 Å². The number of likely N-dealkylation sites (N-methyl/N-ethyl adjacent to an activating group) is 1. The summed E-state index contributed by atoms with van der Waals surface area (Å²) in [7, 11) is -2.66. The second-order valence-corrected chi connectivity index (χ2v) is 11.0. The zero-order chi connectivity index (χ0) is 27.9. The molecule has 1 N–H and O–H groups in total. The number of nitrogens with zero attached hydrogens (tertiary/aromatic N) is 2. The molecule has 8 nitrogen and oxygen atoms in total. The lowest BCUT2D eigenvalue weighted by atomic mass is 10.1. The molecule has 3 rings (SSSR count). The Morgan fingerprint density at radius 2 is 1.55 bits per heavy atom. The Morgan fingerprint density at radius 1 is 0.947 bits per heavy atom. The van der Waals surface area contributed by atoms with E-state index in [0.717, 1.165) is 4.31 Å². The lowest BCUT2D eigenvalue weighted by Gasteiger charge is -2.32. The quantitative estimate of drug-likeness (QED) is 0.354. The van der Waals surface area contributed by atoms with Crippen molar-refractivity contribution in [2.24, 2.45) is 0 Å². The first-order valence-corrected chi connectivity index (χ1v) is 14.0. The van der Waals surface area contributed by atoms with Crippen LogP contribution < -0.4 is 14.4 Å². The topological polar surface area (TPSA) is 96.0 Å². The molecule has 202 valence electrons. The Bertz CT molecular complexity index is 1350. The summed E-state index contributed by atoms with van der Waals surface area (Å²) in [5.74, 6) is -0.488. The van der Waals surface area contributed by atoms with E-state index in [1.807, 2.05) is 0 Å². The summed E-state index contributed by atoms with van der Waals surface area (Å²) in [6, 6.07) is 18.1. The van der Waals surface area contributed by atoms with Crippen LogP contribution in [0.5, 0.6) is 5.75 Å². The minimum Gasteiger partial charge on any atom is -0.497 e. The van der Waals surface area contributed by atoms with Gasteiger partial charge in [0.05, 0.1) is 17.7 Å². The Kier molecular flexibility index (Phi) is 10.0. The van der Waals surface area contributed by atoms with Crippen molar-refractivity contribution in [3.05, 3.63) is 88.4 Å². The molecule has 0 radical (unpaired) electrons. The number of carbonyl (C=O) groups is 2. The first-order chi connectivity index (χ1) is 18.1. The van der Waals surface area contributed by atoms with Crippen molar-refractivity contribution in [3.8, 4) is 5.75 Å². The number of anilines is 1. The summed E-state index contributed by atoms with van der Waals surface area (Å²) < 4.78 is 33.6. The monoisotopic (exact) mass is 577 g/mol. The van der Waals surface area contributed by atoms with Crippen LogP contribution in [0.4, 0.5) is 5.69 Å². The van der Waals surface area contributed by atoms with E-state index < -0.39 is 34.4 Å². The fraction of sp³-hybridized carbons (Fsp3) is 0.259. The van der Waals surface area contributed by atoms with Crippen molar-refractivity contribution in [2.45, 2.75) is 31.3 Å². The summed E-state index contributed by atoms with van der Waals surface area (Å²) in [5, 5.41) is 3.35. The van der Waals surface area contributed by atoms with Gasteiger partial charge in [0.2, 0.25) is 11.8 Å². The van der Waals surface area contributed by atoms with Crippen LogP contribution in [-0.4, -0.2) is 51.4 Å². The Hall–Kier alpha value is -3.27. The van der Waals surface area contributed by atoms with Crippen LogP contribution in [-0.2, 0) is 26.2 Å². The lowest BCUT2D eigenvalue weighted by molar-refractivity contribution is -0.139. The average molecular weight is 579 g/mol. The fourth-order valence-corrected chi connectivity index (χ4v) is 5.71. The molecule has 38 heavy (non-hydrogen) atoms.